The summed E-state index contributed by atoms with van der Waals surface area (Å²) >= 11 is 0. The largest absolute Gasteiger partial charge is 0.264 e. The van der Waals surface area contributed by atoms with Crippen LogP contribution in [-0.2, 0) is 0 Å². The van der Waals surface area contributed by atoms with Crippen molar-refractivity contribution in [1.29, 1.82) is 0 Å². The molecule has 0 fully saturated rings. The highest BCUT2D eigenvalue weighted by atomic mass is 16.6. The number of allylic oxidation sites excluding steroid dienone is 2. The Morgan fingerprint density at radius 2 is 2.30 bits per heavy atom. The van der Waals surface area contributed by atoms with Crippen LogP contribution in [0.5, 0.6) is 0 Å². The van der Waals surface area contributed by atoms with Crippen LogP contribution in [0.2, 0.25) is 0 Å². The molecule has 3 nitrogen and oxygen atoms in total. The maximum Gasteiger partial charge on any atom is 0.244 e. The van der Waals surface area contributed by atoms with E-state index in [-0.39, 0.29) is 4.92 Å². The quantitative estimate of drug-likeness (QED) is 0.405. The molecule has 0 aliphatic heterocycles. The average molecular weight is 138 g/mol. The van der Waals surface area contributed by atoms with Crippen molar-refractivity contribution in [2.45, 2.75) is 12.0 Å². The highest BCUT2D eigenvalue weighted by Crippen LogP contribution is 2.19. The molecule has 1 unspecified atom stereocenters. The van der Waals surface area contributed by atoms with Crippen LogP contribution in [0.4, 0.5) is 0 Å². The summed E-state index contributed by atoms with van der Waals surface area (Å²) < 4.78 is 0. The lowest BCUT2D eigenvalue weighted by atomic mass is 9.95. The molecule has 1 aliphatic carbocycles. The summed E-state index contributed by atoms with van der Waals surface area (Å²) in [7, 11) is 0. The Morgan fingerprint density at radius 3 is 2.60 bits per heavy atom. The second kappa shape index (κ2) is 2.25. The molecule has 0 heterocycles. The SMILES string of the molecule is [CH2]C1([N+](=O)[O-])C=CC=CC1. The maximum atomic E-state index is 10.3. The molecule has 1 rings (SSSR count). The van der Waals surface area contributed by atoms with Crippen molar-refractivity contribution in [3.05, 3.63) is 41.3 Å². The Bertz CT molecular complexity index is 208. The van der Waals surface area contributed by atoms with Gasteiger partial charge in [0.2, 0.25) is 5.54 Å². The Hall–Kier alpha value is -1.12. The molecule has 0 saturated heterocycles. The van der Waals surface area contributed by atoms with Gasteiger partial charge in [-0.2, -0.15) is 0 Å². The third-order valence-electron chi connectivity index (χ3n) is 1.49. The van der Waals surface area contributed by atoms with Crippen molar-refractivity contribution in [3.63, 3.8) is 0 Å². The predicted octanol–water partition coefficient (Wildman–Crippen LogP) is 1.35. The van der Waals surface area contributed by atoms with Gasteiger partial charge in [-0.1, -0.05) is 18.2 Å². The fraction of sp³-hybridized carbons (Fsp3) is 0.286. The number of hydrogen-bond donors (Lipinski definition) is 0. The van der Waals surface area contributed by atoms with Gasteiger partial charge in [-0.15, -0.1) is 0 Å². The number of nitrogens with zero attached hydrogens (tertiary/aromatic N) is 1. The molecule has 0 amide bonds. The van der Waals surface area contributed by atoms with Crippen molar-refractivity contribution in [2.75, 3.05) is 0 Å². The summed E-state index contributed by atoms with van der Waals surface area (Å²) in [6.45, 7) is 3.49. The van der Waals surface area contributed by atoms with Crippen molar-refractivity contribution in [1.82, 2.24) is 0 Å². The van der Waals surface area contributed by atoms with E-state index in [9.17, 15) is 10.1 Å². The molecule has 3 heteroatoms. The van der Waals surface area contributed by atoms with Crippen molar-refractivity contribution < 1.29 is 4.92 Å². The summed E-state index contributed by atoms with van der Waals surface area (Å²) in [4.78, 5) is 9.97. The summed E-state index contributed by atoms with van der Waals surface area (Å²) in [6, 6.07) is 0. The van der Waals surface area contributed by atoms with Crippen molar-refractivity contribution >= 4 is 0 Å². The lowest BCUT2D eigenvalue weighted by Gasteiger charge is -2.15. The van der Waals surface area contributed by atoms with E-state index in [1.165, 1.54) is 6.08 Å². The fourth-order valence-corrected chi connectivity index (χ4v) is 0.789. The van der Waals surface area contributed by atoms with E-state index in [0.29, 0.717) is 6.42 Å². The van der Waals surface area contributed by atoms with Gasteiger partial charge < -0.3 is 0 Å². The first kappa shape index (κ1) is 6.99. The lowest BCUT2D eigenvalue weighted by Crippen LogP contribution is -2.32. The van der Waals surface area contributed by atoms with E-state index in [4.69, 9.17) is 0 Å². The predicted molar refractivity (Wildman–Crippen MR) is 38.0 cm³/mol. The van der Waals surface area contributed by atoms with Gasteiger partial charge in [-0.05, 0) is 6.08 Å². The van der Waals surface area contributed by atoms with Gasteiger partial charge in [0.1, 0.15) is 0 Å². The standard InChI is InChI=1S/C7H8NO2/c1-7(8(9)10)5-3-2-4-6-7/h2-5H,1,6H2. The van der Waals surface area contributed by atoms with Gasteiger partial charge >= 0.3 is 0 Å². The highest BCUT2D eigenvalue weighted by Gasteiger charge is 2.33. The molecule has 0 spiro atoms. The van der Waals surface area contributed by atoms with E-state index in [0.717, 1.165) is 0 Å². The Balaban J connectivity index is 2.80. The van der Waals surface area contributed by atoms with Gasteiger partial charge in [0, 0.05) is 18.3 Å². The zero-order valence-corrected chi connectivity index (χ0v) is 5.49. The lowest BCUT2D eigenvalue weighted by molar-refractivity contribution is -0.541. The van der Waals surface area contributed by atoms with E-state index in [1.807, 2.05) is 0 Å². The van der Waals surface area contributed by atoms with Crippen LogP contribution < -0.4 is 0 Å². The first-order chi connectivity index (χ1) is 4.65. The van der Waals surface area contributed by atoms with Crippen LogP contribution in [-0.4, -0.2) is 10.5 Å². The number of hydrogen-bond acceptors (Lipinski definition) is 2. The monoisotopic (exact) mass is 138 g/mol. The van der Waals surface area contributed by atoms with Crippen LogP contribution in [0.3, 0.4) is 0 Å². The summed E-state index contributed by atoms with van der Waals surface area (Å²) in [6.07, 6.45) is 7.07. The normalized spacial score (nSPS) is 30.5. The first-order valence-electron chi connectivity index (χ1n) is 2.99. The van der Waals surface area contributed by atoms with Crippen molar-refractivity contribution in [3.8, 4) is 0 Å². The maximum absolute atomic E-state index is 10.3. The summed E-state index contributed by atoms with van der Waals surface area (Å²) in [5.41, 5.74) is -1.12. The molecular weight excluding hydrogens is 130 g/mol. The molecule has 1 aliphatic rings. The van der Waals surface area contributed by atoms with Crippen LogP contribution in [0, 0.1) is 17.0 Å². The minimum atomic E-state index is -1.12. The molecule has 1 atom stereocenters. The first-order valence-corrected chi connectivity index (χ1v) is 2.99. The minimum absolute atomic E-state index is 0.368. The van der Waals surface area contributed by atoms with E-state index < -0.39 is 5.54 Å². The Kier molecular flexibility index (Phi) is 1.57. The van der Waals surface area contributed by atoms with Crippen LogP contribution in [0.25, 0.3) is 0 Å². The molecule has 0 aromatic heterocycles. The molecule has 0 bridgehead atoms. The smallest absolute Gasteiger partial charge is 0.244 e. The molecule has 0 aromatic carbocycles. The van der Waals surface area contributed by atoms with E-state index >= 15 is 0 Å². The Labute approximate surface area is 59.2 Å². The van der Waals surface area contributed by atoms with Gasteiger partial charge in [0.15, 0.2) is 0 Å². The van der Waals surface area contributed by atoms with E-state index in [1.54, 1.807) is 18.2 Å². The summed E-state index contributed by atoms with van der Waals surface area (Å²) in [5.74, 6) is 0. The summed E-state index contributed by atoms with van der Waals surface area (Å²) in [5, 5.41) is 10.3. The van der Waals surface area contributed by atoms with Gasteiger partial charge in [0.25, 0.3) is 0 Å². The molecule has 0 saturated carbocycles. The Morgan fingerprint density at radius 1 is 1.60 bits per heavy atom. The second-order valence-corrected chi connectivity index (χ2v) is 2.35. The zero-order valence-electron chi connectivity index (χ0n) is 5.49. The molecule has 0 aromatic rings. The third kappa shape index (κ3) is 1.07. The van der Waals surface area contributed by atoms with Gasteiger partial charge in [-0.3, -0.25) is 10.1 Å². The van der Waals surface area contributed by atoms with Crippen molar-refractivity contribution in [2.24, 2.45) is 0 Å². The topological polar surface area (TPSA) is 43.1 Å². The molecule has 53 valence electrons. The molecular formula is C7H8NO2. The molecule has 0 N–H and O–H groups in total. The zero-order chi connectivity index (χ0) is 7.61. The van der Waals surface area contributed by atoms with Crippen LogP contribution in [0.1, 0.15) is 6.42 Å². The van der Waals surface area contributed by atoms with Crippen LogP contribution >= 0.6 is 0 Å². The highest BCUT2D eigenvalue weighted by molar-refractivity contribution is 5.19. The van der Waals surface area contributed by atoms with Gasteiger partial charge in [0.05, 0.1) is 0 Å². The van der Waals surface area contributed by atoms with Crippen LogP contribution in [0.15, 0.2) is 24.3 Å². The van der Waals surface area contributed by atoms with Gasteiger partial charge in [-0.25, -0.2) is 0 Å². The third-order valence-corrected chi connectivity index (χ3v) is 1.49. The van der Waals surface area contributed by atoms with E-state index in [2.05, 4.69) is 6.92 Å². The molecule has 10 heavy (non-hydrogen) atoms. The number of nitro groups is 1. The minimum Gasteiger partial charge on any atom is -0.264 e. The average Bonchev–Trinajstić information content (AvgIpc) is 1.89. The second-order valence-electron chi connectivity index (χ2n) is 2.35. The fourth-order valence-electron chi connectivity index (χ4n) is 0.789. The molecule has 1 radical (unpaired) electrons. The number of rotatable bonds is 1.